The average Bonchev–Trinajstić information content (AvgIpc) is 2.81. The molecule has 0 bridgehead atoms. The summed E-state index contributed by atoms with van der Waals surface area (Å²) >= 11 is 0. The van der Waals surface area contributed by atoms with Gasteiger partial charge in [0, 0.05) is 18.6 Å². The fourth-order valence-corrected chi connectivity index (χ4v) is 1.62. The molecule has 1 aliphatic carbocycles. The van der Waals surface area contributed by atoms with Crippen molar-refractivity contribution in [1.29, 1.82) is 0 Å². The Labute approximate surface area is 81.6 Å². The first kappa shape index (κ1) is 10.7. The van der Waals surface area contributed by atoms with Gasteiger partial charge >= 0.3 is 0 Å². The fourth-order valence-electron chi connectivity index (χ4n) is 1.62. The van der Waals surface area contributed by atoms with Crippen molar-refractivity contribution in [2.45, 2.75) is 39.2 Å². The molecule has 0 aromatic heterocycles. The highest BCUT2D eigenvalue weighted by Crippen LogP contribution is 2.53. The topological polar surface area (TPSA) is 38.0 Å². The summed E-state index contributed by atoms with van der Waals surface area (Å²) in [4.78, 5) is 0. The van der Waals surface area contributed by atoms with E-state index in [2.05, 4.69) is 25.7 Å². The third-order valence-corrected chi connectivity index (χ3v) is 3.52. The van der Waals surface area contributed by atoms with Crippen LogP contribution < -0.4 is 11.1 Å². The fraction of sp³-hybridized carbons (Fsp3) is 0.818. The number of rotatable bonds is 5. The van der Waals surface area contributed by atoms with Crippen LogP contribution in [0.1, 0.15) is 33.6 Å². The van der Waals surface area contributed by atoms with E-state index < -0.39 is 0 Å². The molecule has 2 nitrogen and oxygen atoms in total. The predicted molar refractivity (Wildman–Crippen MR) is 57.6 cm³/mol. The van der Waals surface area contributed by atoms with E-state index in [-0.39, 0.29) is 5.54 Å². The Morgan fingerprint density at radius 2 is 2.15 bits per heavy atom. The first-order valence-corrected chi connectivity index (χ1v) is 5.03. The molecule has 0 spiro atoms. The minimum Gasteiger partial charge on any atom is -0.329 e. The van der Waals surface area contributed by atoms with E-state index in [1.807, 2.05) is 6.92 Å². The second kappa shape index (κ2) is 3.43. The predicted octanol–water partition coefficient (Wildman–Crippen LogP) is 1.67. The molecule has 3 N–H and O–H groups in total. The Morgan fingerprint density at radius 1 is 1.62 bits per heavy atom. The van der Waals surface area contributed by atoms with Crippen molar-refractivity contribution in [3.63, 3.8) is 0 Å². The van der Waals surface area contributed by atoms with Gasteiger partial charge in [-0.15, -0.1) is 0 Å². The van der Waals surface area contributed by atoms with Crippen molar-refractivity contribution >= 4 is 0 Å². The zero-order chi connectivity index (χ0) is 10.1. The van der Waals surface area contributed by atoms with Gasteiger partial charge in [-0.05, 0) is 32.1 Å². The standard InChI is InChI=1S/C11H22N2/c1-9(2)7-13-11(4,8-12)10(3)5-6-10/h13H,1,5-8,12H2,2-4H3. The minimum atomic E-state index is 0.0892. The second-order valence-corrected chi connectivity index (χ2v) is 4.91. The summed E-state index contributed by atoms with van der Waals surface area (Å²) in [5.41, 5.74) is 7.50. The van der Waals surface area contributed by atoms with Crippen LogP contribution >= 0.6 is 0 Å². The summed E-state index contributed by atoms with van der Waals surface area (Å²) in [5, 5.41) is 3.52. The lowest BCUT2D eigenvalue weighted by molar-refractivity contribution is 0.239. The van der Waals surface area contributed by atoms with Crippen LogP contribution in [0.4, 0.5) is 0 Å². The summed E-state index contributed by atoms with van der Waals surface area (Å²) in [6, 6.07) is 0. The smallest absolute Gasteiger partial charge is 0.0332 e. The van der Waals surface area contributed by atoms with E-state index in [0.29, 0.717) is 12.0 Å². The van der Waals surface area contributed by atoms with Crippen LogP contribution in [0.15, 0.2) is 12.2 Å². The van der Waals surface area contributed by atoms with E-state index in [1.54, 1.807) is 0 Å². The zero-order valence-corrected chi connectivity index (χ0v) is 9.11. The van der Waals surface area contributed by atoms with Crippen molar-refractivity contribution in [2.75, 3.05) is 13.1 Å². The van der Waals surface area contributed by atoms with Gasteiger partial charge in [-0.2, -0.15) is 0 Å². The Bertz CT molecular complexity index is 206. The van der Waals surface area contributed by atoms with Crippen molar-refractivity contribution in [2.24, 2.45) is 11.1 Å². The normalized spacial score (nSPS) is 23.7. The van der Waals surface area contributed by atoms with E-state index in [9.17, 15) is 0 Å². The van der Waals surface area contributed by atoms with E-state index in [4.69, 9.17) is 5.73 Å². The molecule has 0 radical (unpaired) electrons. The van der Waals surface area contributed by atoms with Crippen LogP contribution in [0.3, 0.4) is 0 Å². The summed E-state index contributed by atoms with van der Waals surface area (Å²) in [7, 11) is 0. The zero-order valence-electron chi connectivity index (χ0n) is 9.11. The molecule has 0 aromatic carbocycles. The van der Waals surface area contributed by atoms with Crippen LogP contribution in [0.25, 0.3) is 0 Å². The molecule has 2 heteroatoms. The highest BCUT2D eigenvalue weighted by molar-refractivity contribution is 5.10. The van der Waals surface area contributed by atoms with Gasteiger partial charge in [0.25, 0.3) is 0 Å². The summed E-state index contributed by atoms with van der Waals surface area (Å²) in [6.45, 7) is 12.1. The molecular weight excluding hydrogens is 160 g/mol. The Kier molecular flexibility index (Phi) is 2.83. The molecule has 1 atom stereocenters. The van der Waals surface area contributed by atoms with Gasteiger partial charge in [-0.1, -0.05) is 19.1 Å². The molecule has 0 heterocycles. The minimum absolute atomic E-state index is 0.0892. The van der Waals surface area contributed by atoms with Gasteiger partial charge in [-0.25, -0.2) is 0 Å². The lowest BCUT2D eigenvalue weighted by Gasteiger charge is -2.36. The number of nitrogens with two attached hydrogens (primary N) is 1. The van der Waals surface area contributed by atoms with Crippen LogP contribution in [0, 0.1) is 5.41 Å². The Hall–Kier alpha value is -0.340. The van der Waals surface area contributed by atoms with E-state index in [1.165, 1.54) is 18.4 Å². The number of hydrogen-bond acceptors (Lipinski definition) is 2. The summed E-state index contributed by atoms with van der Waals surface area (Å²) in [6.07, 6.45) is 2.59. The number of nitrogens with one attached hydrogen (secondary N) is 1. The van der Waals surface area contributed by atoms with Crippen LogP contribution in [0.5, 0.6) is 0 Å². The quantitative estimate of drug-likeness (QED) is 0.635. The molecule has 0 aromatic rings. The Morgan fingerprint density at radius 3 is 2.46 bits per heavy atom. The SMILES string of the molecule is C=C(C)CNC(C)(CN)C1(C)CC1. The summed E-state index contributed by atoms with van der Waals surface area (Å²) in [5.74, 6) is 0. The molecule has 1 fully saturated rings. The highest BCUT2D eigenvalue weighted by atomic mass is 15.0. The molecular formula is C11H22N2. The lowest BCUT2D eigenvalue weighted by Crippen LogP contribution is -2.55. The molecule has 1 aliphatic rings. The third-order valence-electron chi connectivity index (χ3n) is 3.52. The maximum Gasteiger partial charge on any atom is 0.0332 e. The van der Waals surface area contributed by atoms with Gasteiger partial charge in [0.05, 0.1) is 0 Å². The van der Waals surface area contributed by atoms with Crippen molar-refractivity contribution in [1.82, 2.24) is 5.32 Å². The maximum atomic E-state index is 5.83. The molecule has 1 saturated carbocycles. The van der Waals surface area contributed by atoms with Gasteiger partial charge < -0.3 is 11.1 Å². The molecule has 1 rings (SSSR count). The molecule has 0 amide bonds. The average molecular weight is 182 g/mol. The monoisotopic (exact) mass is 182 g/mol. The summed E-state index contributed by atoms with van der Waals surface area (Å²) < 4.78 is 0. The lowest BCUT2D eigenvalue weighted by atomic mass is 9.83. The molecule has 0 aliphatic heterocycles. The third kappa shape index (κ3) is 2.12. The molecule has 13 heavy (non-hydrogen) atoms. The first-order valence-electron chi connectivity index (χ1n) is 5.03. The maximum absolute atomic E-state index is 5.83. The second-order valence-electron chi connectivity index (χ2n) is 4.91. The largest absolute Gasteiger partial charge is 0.329 e. The van der Waals surface area contributed by atoms with E-state index >= 15 is 0 Å². The first-order chi connectivity index (χ1) is 5.93. The van der Waals surface area contributed by atoms with Gasteiger partial charge in [0.2, 0.25) is 0 Å². The van der Waals surface area contributed by atoms with Crippen LogP contribution in [0.2, 0.25) is 0 Å². The van der Waals surface area contributed by atoms with Crippen molar-refractivity contribution in [3.05, 3.63) is 12.2 Å². The van der Waals surface area contributed by atoms with Crippen molar-refractivity contribution < 1.29 is 0 Å². The Balaban J connectivity index is 2.54. The number of hydrogen-bond donors (Lipinski definition) is 2. The highest BCUT2D eigenvalue weighted by Gasteiger charge is 2.51. The molecule has 76 valence electrons. The van der Waals surface area contributed by atoms with Crippen molar-refractivity contribution in [3.8, 4) is 0 Å². The van der Waals surface area contributed by atoms with Gasteiger partial charge in [0.1, 0.15) is 0 Å². The van der Waals surface area contributed by atoms with Crippen LogP contribution in [-0.2, 0) is 0 Å². The van der Waals surface area contributed by atoms with Gasteiger partial charge in [-0.3, -0.25) is 0 Å². The van der Waals surface area contributed by atoms with Gasteiger partial charge in [0.15, 0.2) is 0 Å². The molecule has 0 saturated heterocycles. The van der Waals surface area contributed by atoms with Crippen LogP contribution in [-0.4, -0.2) is 18.6 Å². The molecule has 1 unspecified atom stereocenters. The van der Waals surface area contributed by atoms with E-state index in [0.717, 1.165) is 6.54 Å².